The smallest absolute Gasteiger partial charge is 0.119 e. The van der Waals surface area contributed by atoms with Crippen molar-refractivity contribution in [2.24, 2.45) is 0 Å². The molecule has 0 heterocycles. The molecule has 1 N–H and O–H groups in total. The van der Waals surface area contributed by atoms with Crippen LogP contribution in [0.2, 0.25) is 0 Å². The maximum Gasteiger partial charge on any atom is 0.119 e. The molecule has 0 aromatic heterocycles. The van der Waals surface area contributed by atoms with E-state index in [0.29, 0.717) is 6.04 Å². The van der Waals surface area contributed by atoms with Crippen molar-refractivity contribution in [2.45, 2.75) is 71.8 Å². The molecule has 0 aliphatic carbocycles. The minimum absolute atomic E-state index is 0.400. The van der Waals surface area contributed by atoms with Crippen molar-refractivity contribution in [2.75, 3.05) is 13.2 Å². The van der Waals surface area contributed by atoms with Gasteiger partial charge in [0.2, 0.25) is 0 Å². The van der Waals surface area contributed by atoms with Crippen molar-refractivity contribution < 1.29 is 4.74 Å². The molecule has 0 spiro atoms. The predicted molar refractivity (Wildman–Crippen MR) is 117 cm³/mol. The second-order valence-electron chi connectivity index (χ2n) is 7.42. The lowest BCUT2D eigenvalue weighted by atomic mass is 10.0. The standard InChI is InChI=1S/C25H37NO/c1-4-6-7-8-11-20-27-24-16-14-23(15-17-24)25(5-2)26-19-18-22-13-10-9-12-21(22)3/h9-10,12-17,25-26H,4-8,11,18-20H2,1-3H3. The van der Waals surface area contributed by atoms with Crippen LogP contribution in [-0.4, -0.2) is 13.2 Å². The molecule has 0 bridgehead atoms. The van der Waals surface area contributed by atoms with Gasteiger partial charge in [0.15, 0.2) is 0 Å². The number of aryl methyl sites for hydroxylation is 1. The minimum atomic E-state index is 0.400. The second kappa shape index (κ2) is 12.6. The summed E-state index contributed by atoms with van der Waals surface area (Å²) in [5.74, 6) is 0.990. The average molecular weight is 368 g/mol. The first-order chi connectivity index (χ1) is 13.2. The highest BCUT2D eigenvalue weighted by molar-refractivity contribution is 5.29. The Morgan fingerprint density at radius 1 is 0.889 bits per heavy atom. The Balaban J connectivity index is 1.75. The number of benzene rings is 2. The van der Waals surface area contributed by atoms with Gasteiger partial charge in [-0.1, -0.05) is 75.9 Å². The van der Waals surface area contributed by atoms with Gasteiger partial charge in [-0.25, -0.2) is 0 Å². The van der Waals surface area contributed by atoms with E-state index in [2.05, 4.69) is 74.6 Å². The van der Waals surface area contributed by atoms with E-state index in [1.54, 1.807) is 0 Å². The van der Waals surface area contributed by atoms with Gasteiger partial charge in [0, 0.05) is 6.04 Å². The van der Waals surface area contributed by atoms with Crippen molar-refractivity contribution in [3.8, 4) is 5.75 Å². The zero-order chi connectivity index (χ0) is 19.3. The molecule has 0 fully saturated rings. The first kappa shape index (κ1) is 21.5. The van der Waals surface area contributed by atoms with Crippen LogP contribution >= 0.6 is 0 Å². The van der Waals surface area contributed by atoms with Gasteiger partial charge in [0.25, 0.3) is 0 Å². The lowest BCUT2D eigenvalue weighted by molar-refractivity contribution is 0.304. The molecule has 148 valence electrons. The van der Waals surface area contributed by atoms with E-state index in [4.69, 9.17) is 4.74 Å². The quantitative estimate of drug-likeness (QED) is 0.401. The lowest BCUT2D eigenvalue weighted by Crippen LogP contribution is -2.23. The molecule has 2 aromatic carbocycles. The summed E-state index contributed by atoms with van der Waals surface area (Å²) in [5, 5.41) is 3.71. The Morgan fingerprint density at radius 3 is 2.33 bits per heavy atom. The number of ether oxygens (including phenoxy) is 1. The van der Waals surface area contributed by atoms with Crippen LogP contribution in [0, 0.1) is 6.92 Å². The summed E-state index contributed by atoms with van der Waals surface area (Å²) in [6, 6.07) is 17.7. The molecule has 0 saturated carbocycles. The van der Waals surface area contributed by atoms with Crippen LogP contribution in [0.5, 0.6) is 5.75 Å². The fourth-order valence-electron chi connectivity index (χ4n) is 3.46. The molecular formula is C25H37NO. The Hall–Kier alpha value is -1.80. The molecule has 0 radical (unpaired) electrons. The van der Waals surface area contributed by atoms with E-state index in [9.17, 15) is 0 Å². The van der Waals surface area contributed by atoms with Gasteiger partial charge in [-0.15, -0.1) is 0 Å². The maximum absolute atomic E-state index is 5.89. The van der Waals surface area contributed by atoms with Gasteiger partial charge in [-0.05, 0) is 61.6 Å². The van der Waals surface area contributed by atoms with Crippen LogP contribution in [0.1, 0.15) is 75.1 Å². The Bertz CT molecular complexity index is 635. The molecule has 27 heavy (non-hydrogen) atoms. The third kappa shape index (κ3) is 7.76. The van der Waals surface area contributed by atoms with E-state index >= 15 is 0 Å². The first-order valence-corrected chi connectivity index (χ1v) is 10.7. The summed E-state index contributed by atoms with van der Waals surface area (Å²) < 4.78 is 5.89. The monoisotopic (exact) mass is 367 g/mol. The zero-order valence-corrected chi connectivity index (χ0v) is 17.5. The van der Waals surface area contributed by atoms with Crippen LogP contribution in [0.3, 0.4) is 0 Å². The summed E-state index contributed by atoms with van der Waals surface area (Å²) in [7, 11) is 0. The van der Waals surface area contributed by atoms with E-state index in [-0.39, 0.29) is 0 Å². The summed E-state index contributed by atoms with van der Waals surface area (Å²) >= 11 is 0. The van der Waals surface area contributed by atoms with Crippen molar-refractivity contribution in [3.63, 3.8) is 0 Å². The number of hydrogen-bond acceptors (Lipinski definition) is 2. The van der Waals surface area contributed by atoms with Crippen LogP contribution in [0.4, 0.5) is 0 Å². The highest BCUT2D eigenvalue weighted by atomic mass is 16.5. The number of unbranched alkanes of at least 4 members (excludes halogenated alkanes) is 4. The number of rotatable bonds is 13. The molecular weight excluding hydrogens is 330 g/mol. The molecule has 0 amide bonds. The van der Waals surface area contributed by atoms with Crippen LogP contribution < -0.4 is 10.1 Å². The molecule has 0 saturated heterocycles. The second-order valence-corrected chi connectivity index (χ2v) is 7.42. The molecule has 2 rings (SSSR count). The summed E-state index contributed by atoms with van der Waals surface area (Å²) in [4.78, 5) is 0. The molecule has 0 aliphatic rings. The third-order valence-corrected chi connectivity index (χ3v) is 5.25. The average Bonchev–Trinajstić information content (AvgIpc) is 2.70. The molecule has 1 atom stereocenters. The van der Waals surface area contributed by atoms with Crippen molar-refractivity contribution in [1.82, 2.24) is 5.32 Å². The van der Waals surface area contributed by atoms with E-state index in [0.717, 1.165) is 38.2 Å². The van der Waals surface area contributed by atoms with Crippen LogP contribution in [0.15, 0.2) is 48.5 Å². The normalized spacial score (nSPS) is 12.1. The van der Waals surface area contributed by atoms with Crippen molar-refractivity contribution in [3.05, 3.63) is 65.2 Å². The summed E-state index contributed by atoms with van der Waals surface area (Å²) in [5.41, 5.74) is 4.16. The predicted octanol–water partition coefficient (Wildman–Crippen LogP) is 6.63. The van der Waals surface area contributed by atoms with Gasteiger partial charge >= 0.3 is 0 Å². The zero-order valence-electron chi connectivity index (χ0n) is 17.5. The van der Waals surface area contributed by atoms with E-state index < -0.39 is 0 Å². The van der Waals surface area contributed by atoms with Gasteiger partial charge in [0.05, 0.1) is 6.61 Å². The largest absolute Gasteiger partial charge is 0.494 e. The van der Waals surface area contributed by atoms with E-state index in [1.807, 2.05) is 0 Å². The van der Waals surface area contributed by atoms with Crippen LogP contribution in [-0.2, 0) is 6.42 Å². The molecule has 2 nitrogen and oxygen atoms in total. The number of hydrogen-bond donors (Lipinski definition) is 1. The van der Waals surface area contributed by atoms with Gasteiger partial charge in [0.1, 0.15) is 5.75 Å². The van der Waals surface area contributed by atoms with Crippen LogP contribution in [0.25, 0.3) is 0 Å². The van der Waals surface area contributed by atoms with Gasteiger partial charge < -0.3 is 10.1 Å². The topological polar surface area (TPSA) is 21.3 Å². The summed E-state index contributed by atoms with van der Waals surface area (Å²) in [6.07, 6.45) is 8.54. The Kier molecular flexibility index (Phi) is 10.0. The number of nitrogens with one attached hydrogen (secondary N) is 1. The molecule has 2 heteroatoms. The van der Waals surface area contributed by atoms with Gasteiger partial charge in [-0.3, -0.25) is 0 Å². The third-order valence-electron chi connectivity index (χ3n) is 5.25. The first-order valence-electron chi connectivity index (χ1n) is 10.7. The maximum atomic E-state index is 5.89. The van der Waals surface area contributed by atoms with Gasteiger partial charge in [-0.2, -0.15) is 0 Å². The molecule has 1 unspecified atom stereocenters. The van der Waals surface area contributed by atoms with Crippen molar-refractivity contribution in [1.29, 1.82) is 0 Å². The Labute approximate surface area is 166 Å². The molecule has 0 aliphatic heterocycles. The minimum Gasteiger partial charge on any atom is -0.494 e. The highest BCUT2D eigenvalue weighted by Crippen LogP contribution is 2.21. The van der Waals surface area contributed by atoms with Crippen molar-refractivity contribution >= 4 is 0 Å². The summed E-state index contributed by atoms with van der Waals surface area (Å²) in [6.45, 7) is 8.51. The highest BCUT2D eigenvalue weighted by Gasteiger charge is 2.09. The SMILES string of the molecule is CCCCCCCOc1ccc(C(CC)NCCc2ccccc2C)cc1. The fourth-order valence-corrected chi connectivity index (χ4v) is 3.46. The lowest BCUT2D eigenvalue weighted by Gasteiger charge is -2.18. The Morgan fingerprint density at radius 2 is 1.63 bits per heavy atom. The molecule has 2 aromatic rings. The van der Waals surface area contributed by atoms with E-state index in [1.165, 1.54) is 42.4 Å². The fraction of sp³-hybridized carbons (Fsp3) is 0.520.